The maximum atomic E-state index is 6.12. The van der Waals surface area contributed by atoms with Gasteiger partial charge in [-0.15, -0.1) is 0 Å². The molecule has 2 aromatic heterocycles. The Kier molecular flexibility index (Phi) is 2.49. The van der Waals surface area contributed by atoms with Gasteiger partial charge in [0.05, 0.1) is 12.2 Å². The molecule has 22 heavy (non-hydrogen) atoms. The molecule has 0 atom stereocenters. The van der Waals surface area contributed by atoms with Gasteiger partial charge in [0.1, 0.15) is 28.2 Å². The lowest BCUT2D eigenvalue weighted by Crippen LogP contribution is -1.80. The zero-order valence-corrected chi connectivity index (χ0v) is 14.3. The molecule has 0 fully saturated rings. The first-order chi connectivity index (χ1) is 10.7. The SMILES string of the molecule is BrC1=Cc2c(oc3ccc4c5cc(Br)ccc5oc4c23)C=[C+]1. The molecule has 0 bridgehead atoms. The largest absolute Gasteiger partial charge is 0.455 e. The van der Waals surface area contributed by atoms with Crippen LogP contribution in [0.1, 0.15) is 11.3 Å². The lowest BCUT2D eigenvalue weighted by Gasteiger charge is -1.92. The minimum absolute atomic E-state index is 0.812. The summed E-state index contributed by atoms with van der Waals surface area (Å²) >= 11 is 7.00. The van der Waals surface area contributed by atoms with Crippen LogP contribution >= 0.6 is 31.9 Å². The first-order valence-corrected chi connectivity index (χ1v) is 8.33. The Morgan fingerprint density at radius 2 is 1.77 bits per heavy atom. The van der Waals surface area contributed by atoms with Gasteiger partial charge in [0, 0.05) is 15.2 Å². The van der Waals surface area contributed by atoms with E-state index in [1.165, 1.54) is 0 Å². The predicted molar refractivity (Wildman–Crippen MR) is 95.8 cm³/mol. The quantitative estimate of drug-likeness (QED) is 0.300. The van der Waals surface area contributed by atoms with Crippen LogP contribution in [0.15, 0.2) is 48.1 Å². The van der Waals surface area contributed by atoms with E-state index in [-0.39, 0.29) is 0 Å². The number of hydrogen-bond donors (Lipinski definition) is 0. The molecular formula is C18H7Br2O2+. The smallest absolute Gasteiger partial charge is 0.250 e. The lowest BCUT2D eigenvalue weighted by atomic mass is 10.0. The minimum Gasteiger partial charge on any atom is -0.455 e. The summed E-state index contributed by atoms with van der Waals surface area (Å²) in [6.45, 7) is 0. The maximum absolute atomic E-state index is 6.12. The first kappa shape index (κ1) is 12.7. The van der Waals surface area contributed by atoms with Gasteiger partial charge in [0.25, 0.3) is 0 Å². The molecule has 5 rings (SSSR count). The topological polar surface area (TPSA) is 26.3 Å². The average Bonchev–Trinajstić information content (AvgIpc) is 3.04. The zero-order chi connectivity index (χ0) is 14.8. The normalized spacial score (nSPS) is 13.6. The highest BCUT2D eigenvalue weighted by molar-refractivity contribution is 9.12. The predicted octanol–water partition coefficient (Wildman–Crippen LogP) is 6.66. The van der Waals surface area contributed by atoms with Gasteiger partial charge < -0.3 is 8.83 Å². The molecular weight excluding hydrogens is 408 g/mol. The molecule has 4 heteroatoms. The molecule has 104 valence electrons. The standard InChI is InChI=1S/C18H7Br2O2/c19-9-1-4-14-12(7-9)11-3-6-16-17(18(11)22-14)13-8-10(20)2-5-15(13)21-16/h1,3-8H/q+1. The summed E-state index contributed by atoms with van der Waals surface area (Å²) in [6.07, 6.45) is 6.97. The van der Waals surface area contributed by atoms with E-state index < -0.39 is 0 Å². The summed E-state index contributed by atoms with van der Waals surface area (Å²) in [5.41, 5.74) is 3.60. The molecule has 0 N–H and O–H groups in total. The third kappa shape index (κ3) is 1.63. The van der Waals surface area contributed by atoms with E-state index in [1.807, 2.05) is 30.4 Å². The Morgan fingerprint density at radius 1 is 0.909 bits per heavy atom. The van der Waals surface area contributed by atoms with Crippen molar-refractivity contribution < 1.29 is 8.83 Å². The molecule has 0 amide bonds. The number of hydrogen-bond acceptors (Lipinski definition) is 2. The van der Waals surface area contributed by atoms with Crippen LogP contribution in [-0.4, -0.2) is 0 Å². The van der Waals surface area contributed by atoms with Crippen molar-refractivity contribution in [2.45, 2.75) is 0 Å². The van der Waals surface area contributed by atoms with Gasteiger partial charge in [-0.05, 0) is 46.3 Å². The van der Waals surface area contributed by atoms with Gasteiger partial charge in [-0.3, -0.25) is 0 Å². The van der Waals surface area contributed by atoms with Gasteiger partial charge in [-0.1, -0.05) is 15.9 Å². The second kappa shape index (κ2) is 4.32. The average molecular weight is 415 g/mol. The van der Waals surface area contributed by atoms with Gasteiger partial charge in [-0.2, -0.15) is 0 Å². The second-order valence-corrected chi connectivity index (χ2v) is 6.99. The van der Waals surface area contributed by atoms with Gasteiger partial charge in [0.15, 0.2) is 10.1 Å². The number of benzene rings is 2. The number of allylic oxidation sites excluding steroid dienone is 2. The highest BCUT2D eigenvalue weighted by Crippen LogP contribution is 2.41. The van der Waals surface area contributed by atoms with Crippen LogP contribution in [0, 0.1) is 6.08 Å². The fraction of sp³-hybridized carbons (Fsp3) is 0. The molecule has 2 heterocycles. The van der Waals surface area contributed by atoms with Crippen molar-refractivity contribution in [3.8, 4) is 0 Å². The molecule has 4 aromatic rings. The van der Waals surface area contributed by atoms with Gasteiger partial charge >= 0.3 is 0 Å². The Morgan fingerprint density at radius 3 is 2.68 bits per heavy atom. The van der Waals surface area contributed by atoms with Crippen LogP contribution in [0.5, 0.6) is 0 Å². The number of fused-ring (bicyclic) bond motifs is 7. The van der Waals surface area contributed by atoms with E-state index in [1.54, 1.807) is 0 Å². The summed E-state index contributed by atoms with van der Waals surface area (Å²) in [6, 6.07) is 10.1. The Hall–Kier alpha value is -1.87. The lowest BCUT2D eigenvalue weighted by molar-refractivity contribution is 0.602. The van der Waals surface area contributed by atoms with E-state index in [0.717, 1.165) is 53.2 Å². The molecule has 0 aliphatic heterocycles. The van der Waals surface area contributed by atoms with Crippen molar-refractivity contribution in [2.75, 3.05) is 0 Å². The summed E-state index contributed by atoms with van der Waals surface area (Å²) < 4.78 is 14.0. The molecule has 0 unspecified atom stereocenters. The monoisotopic (exact) mass is 413 g/mol. The number of rotatable bonds is 0. The van der Waals surface area contributed by atoms with Crippen LogP contribution in [0.4, 0.5) is 0 Å². The summed E-state index contributed by atoms with van der Waals surface area (Å²) in [4.78, 5) is 0. The van der Waals surface area contributed by atoms with Crippen molar-refractivity contribution >= 4 is 76.9 Å². The van der Waals surface area contributed by atoms with E-state index >= 15 is 0 Å². The third-order valence-corrected chi connectivity index (χ3v) is 4.88. The first-order valence-electron chi connectivity index (χ1n) is 6.75. The highest BCUT2D eigenvalue weighted by atomic mass is 79.9. The summed E-state index contributed by atoms with van der Waals surface area (Å²) in [5.74, 6) is 0.812. The van der Waals surface area contributed by atoms with E-state index in [9.17, 15) is 0 Å². The number of halogens is 2. The Balaban J connectivity index is 2.02. The molecule has 2 aromatic carbocycles. The fourth-order valence-electron chi connectivity index (χ4n) is 2.98. The van der Waals surface area contributed by atoms with Crippen LogP contribution in [-0.2, 0) is 0 Å². The van der Waals surface area contributed by atoms with E-state index in [2.05, 4.69) is 50.1 Å². The van der Waals surface area contributed by atoms with Crippen LogP contribution < -0.4 is 0 Å². The highest BCUT2D eigenvalue weighted by Gasteiger charge is 2.25. The van der Waals surface area contributed by atoms with Gasteiger partial charge in [-0.25, -0.2) is 0 Å². The zero-order valence-electron chi connectivity index (χ0n) is 11.1. The second-order valence-electron chi connectivity index (χ2n) is 5.22. The van der Waals surface area contributed by atoms with Crippen molar-refractivity contribution in [1.29, 1.82) is 0 Å². The van der Waals surface area contributed by atoms with Crippen molar-refractivity contribution in [1.82, 2.24) is 0 Å². The Bertz CT molecular complexity index is 1140. The molecule has 1 aliphatic rings. The maximum Gasteiger partial charge on any atom is 0.250 e. The van der Waals surface area contributed by atoms with Crippen LogP contribution in [0.2, 0.25) is 0 Å². The molecule has 0 spiro atoms. The Labute approximate surface area is 142 Å². The molecule has 0 radical (unpaired) electrons. The third-order valence-electron chi connectivity index (χ3n) is 3.93. The van der Waals surface area contributed by atoms with Crippen LogP contribution in [0.25, 0.3) is 45.1 Å². The molecule has 0 saturated carbocycles. The molecule has 0 saturated heterocycles. The molecule has 1 aliphatic carbocycles. The minimum atomic E-state index is 0.812. The van der Waals surface area contributed by atoms with Gasteiger partial charge in [0.2, 0.25) is 5.76 Å². The van der Waals surface area contributed by atoms with Crippen LogP contribution in [0.3, 0.4) is 0 Å². The van der Waals surface area contributed by atoms with E-state index in [0.29, 0.717) is 0 Å². The summed E-state index contributed by atoms with van der Waals surface area (Å²) in [7, 11) is 0. The number of furan rings is 2. The van der Waals surface area contributed by atoms with Crippen molar-refractivity contribution in [2.24, 2.45) is 0 Å². The fourth-order valence-corrected chi connectivity index (χ4v) is 3.69. The van der Waals surface area contributed by atoms with Crippen molar-refractivity contribution in [3.05, 3.63) is 56.7 Å². The van der Waals surface area contributed by atoms with E-state index in [4.69, 9.17) is 8.83 Å². The molecule has 2 nitrogen and oxygen atoms in total. The summed E-state index contributed by atoms with van der Waals surface area (Å²) in [5, 5.41) is 3.20. The van der Waals surface area contributed by atoms with Crippen molar-refractivity contribution in [3.63, 3.8) is 0 Å².